The number of ether oxygens (including phenoxy) is 1. The van der Waals surface area contributed by atoms with Gasteiger partial charge in [0.1, 0.15) is 0 Å². The second-order valence-corrected chi connectivity index (χ2v) is 5.58. The Morgan fingerprint density at radius 1 is 1.38 bits per heavy atom. The molecule has 0 saturated heterocycles. The molecule has 2 rings (SSSR count). The Morgan fingerprint density at radius 3 is 3.00 bits per heavy atom. The van der Waals surface area contributed by atoms with Gasteiger partial charge in [0.15, 0.2) is 0 Å². The summed E-state index contributed by atoms with van der Waals surface area (Å²) in [6.45, 7) is 3.42. The zero-order valence-corrected chi connectivity index (χ0v) is 12.8. The smallest absolute Gasteiger partial charge is 0.220 e. The summed E-state index contributed by atoms with van der Waals surface area (Å²) in [6.07, 6.45) is 4.40. The van der Waals surface area contributed by atoms with E-state index in [1.165, 1.54) is 10.9 Å². The Morgan fingerprint density at radius 2 is 2.19 bits per heavy atom. The first-order chi connectivity index (χ1) is 10.2. The zero-order chi connectivity index (χ0) is 15.1. The number of hydrogen-bond donors (Lipinski definition) is 2. The zero-order valence-electron chi connectivity index (χ0n) is 12.8. The molecule has 0 aliphatic heterocycles. The highest BCUT2D eigenvalue weighted by atomic mass is 16.5. The summed E-state index contributed by atoms with van der Waals surface area (Å²) in [6, 6.07) is 8.26. The minimum atomic E-state index is 0.123. The number of fused-ring (bicyclic) bond motifs is 1. The van der Waals surface area contributed by atoms with Gasteiger partial charge in [0.05, 0.1) is 6.61 Å². The number of aromatic amines is 1. The first-order valence-corrected chi connectivity index (χ1v) is 7.51. The molecule has 2 N–H and O–H groups in total. The van der Waals surface area contributed by atoms with Crippen LogP contribution in [0.2, 0.25) is 0 Å². The van der Waals surface area contributed by atoms with Crippen LogP contribution in [0.5, 0.6) is 0 Å². The van der Waals surface area contributed by atoms with Crippen LogP contribution < -0.4 is 5.32 Å². The lowest BCUT2D eigenvalue weighted by Crippen LogP contribution is -2.29. The Hall–Kier alpha value is -1.81. The van der Waals surface area contributed by atoms with Crippen molar-refractivity contribution < 1.29 is 9.53 Å². The van der Waals surface area contributed by atoms with Gasteiger partial charge in [-0.05, 0) is 30.4 Å². The molecule has 21 heavy (non-hydrogen) atoms. The van der Waals surface area contributed by atoms with Gasteiger partial charge >= 0.3 is 0 Å². The van der Waals surface area contributed by atoms with Crippen molar-refractivity contribution in [3.05, 3.63) is 36.0 Å². The number of rotatable bonds is 8. The van der Waals surface area contributed by atoms with Crippen molar-refractivity contribution in [2.24, 2.45) is 5.92 Å². The minimum Gasteiger partial charge on any atom is -0.384 e. The molecule has 114 valence electrons. The van der Waals surface area contributed by atoms with E-state index in [1.54, 1.807) is 7.11 Å². The SMILES string of the molecule is COCC(C)CNC(=O)CCCc1c[nH]c2ccccc12. The highest BCUT2D eigenvalue weighted by molar-refractivity contribution is 5.83. The molecular formula is C17H24N2O2. The number of hydrogen-bond acceptors (Lipinski definition) is 2. The number of methoxy groups -OCH3 is 1. The van der Waals surface area contributed by atoms with Crippen LogP contribution in [0.1, 0.15) is 25.3 Å². The summed E-state index contributed by atoms with van der Waals surface area (Å²) in [7, 11) is 1.68. The van der Waals surface area contributed by atoms with Crippen molar-refractivity contribution in [1.29, 1.82) is 0 Å². The normalized spacial score (nSPS) is 12.5. The summed E-state index contributed by atoms with van der Waals surface area (Å²) in [5.74, 6) is 0.477. The van der Waals surface area contributed by atoms with Crippen LogP contribution in [-0.2, 0) is 16.0 Å². The lowest BCUT2D eigenvalue weighted by molar-refractivity contribution is -0.121. The maximum absolute atomic E-state index is 11.8. The van der Waals surface area contributed by atoms with Gasteiger partial charge in [-0.1, -0.05) is 25.1 Å². The van der Waals surface area contributed by atoms with Crippen LogP contribution in [0.25, 0.3) is 10.9 Å². The van der Waals surface area contributed by atoms with E-state index in [0.29, 0.717) is 25.5 Å². The molecular weight excluding hydrogens is 264 g/mol. The van der Waals surface area contributed by atoms with Gasteiger partial charge in [0.2, 0.25) is 5.91 Å². The third-order valence-electron chi connectivity index (χ3n) is 3.62. The molecule has 0 radical (unpaired) electrons. The quantitative estimate of drug-likeness (QED) is 0.784. The number of carbonyl (C=O) groups is 1. The first-order valence-electron chi connectivity index (χ1n) is 7.51. The van der Waals surface area contributed by atoms with Crippen molar-refractivity contribution in [3.8, 4) is 0 Å². The average molecular weight is 288 g/mol. The molecule has 1 atom stereocenters. The molecule has 1 heterocycles. The van der Waals surface area contributed by atoms with Crippen molar-refractivity contribution in [2.45, 2.75) is 26.2 Å². The Balaban J connectivity index is 1.73. The Bertz CT molecular complexity index is 577. The van der Waals surface area contributed by atoms with Gasteiger partial charge < -0.3 is 15.0 Å². The maximum atomic E-state index is 11.8. The third kappa shape index (κ3) is 4.60. The number of H-pyrrole nitrogens is 1. The van der Waals surface area contributed by atoms with Crippen molar-refractivity contribution >= 4 is 16.8 Å². The summed E-state index contributed by atoms with van der Waals surface area (Å²) in [5.41, 5.74) is 2.44. The Labute approximate surface area is 125 Å². The molecule has 1 aromatic heterocycles. The predicted octanol–water partition coefficient (Wildman–Crippen LogP) is 2.89. The molecule has 1 unspecified atom stereocenters. The molecule has 4 nitrogen and oxygen atoms in total. The van der Waals surface area contributed by atoms with E-state index in [4.69, 9.17) is 4.74 Å². The summed E-state index contributed by atoms with van der Waals surface area (Å²) >= 11 is 0. The van der Waals surface area contributed by atoms with E-state index in [1.807, 2.05) is 18.3 Å². The van der Waals surface area contributed by atoms with Crippen LogP contribution in [-0.4, -0.2) is 31.2 Å². The highest BCUT2D eigenvalue weighted by Gasteiger charge is 2.07. The predicted molar refractivity (Wildman–Crippen MR) is 85.3 cm³/mol. The van der Waals surface area contributed by atoms with Gasteiger partial charge in [0, 0.05) is 37.2 Å². The van der Waals surface area contributed by atoms with E-state index >= 15 is 0 Å². The molecule has 1 aromatic carbocycles. The van der Waals surface area contributed by atoms with Crippen LogP contribution >= 0.6 is 0 Å². The molecule has 0 bridgehead atoms. The van der Waals surface area contributed by atoms with Gasteiger partial charge in [0.25, 0.3) is 0 Å². The largest absolute Gasteiger partial charge is 0.384 e. The molecule has 0 spiro atoms. The lowest BCUT2D eigenvalue weighted by atomic mass is 10.1. The van der Waals surface area contributed by atoms with Gasteiger partial charge in [-0.25, -0.2) is 0 Å². The standard InChI is InChI=1S/C17H24N2O2/c1-13(12-21-2)10-19-17(20)9-5-6-14-11-18-16-8-4-3-7-15(14)16/h3-4,7-8,11,13,18H,5-6,9-10,12H2,1-2H3,(H,19,20). The second kappa shape index (κ2) is 7.84. The molecule has 2 aromatic rings. The number of benzene rings is 1. The summed E-state index contributed by atoms with van der Waals surface area (Å²) in [4.78, 5) is 15.1. The van der Waals surface area contributed by atoms with Crippen molar-refractivity contribution in [1.82, 2.24) is 10.3 Å². The first kappa shape index (κ1) is 15.6. The monoisotopic (exact) mass is 288 g/mol. The third-order valence-corrected chi connectivity index (χ3v) is 3.62. The molecule has 0 fully saturated rings. The minimum absolute atomic E-state index is 0.123. The van der Waals surface area contributed by atoms with E-state index in [2.05, 4.69) is 29.4 Å². The molecule has 0 aliphatic carbocycles. The van der Waals surface area contributed by atoms with Crippen LogP contribution in [0.15, 0.2) is 30.5 Å². The number of amides is 1. The van der Waals surface area contributed by atoms with E-state index in [-0.39, 0.29) is 5.91 Å². The molecule has 1 amide bonds. The number of nitrogens with one attached hydrogen (secondary N) is 2. The average Bonchev–Trinajstić information content (AvgIpc) is 2.89. The fourth-order valence-electron chi connectivity index (χ4n) is 2.50. The number of aromatic nitrogens is 1. The van der Waals surface area contributed by atoms with Crippen LogP contribution in [0.4, 0.5) is 0 Å². The lowest BCUT2D eigenvalue weighted by Gasteiger charge is -2.11. The molecule has 0 saturated carbocycles. The summed E-state index contributed by atoms with van der Waals surface area (Å²) < 4.78 is 5.05. The highest BCUT2D eigenvalue weighted by Crippen LogP contribution is 2.19. The van der Waals surface area contributed by atoms with E-state index < -0.39 is 0 Å². The van der Waals surface area contributed by atoms with E-state index in [0.717, 1.165) is 18.4 Å². The molecule has 4 heteroatoms. The van der Waals surface area contributed by atoms with Gasteiger partial charge in [-0.3, -0.25) is 4.79 Å². The fourth-order valence-corrected chi connectivity index (χ4v) is 2.50. The second-order valence-electron chi connectivity index (χ2n) is 5.58. The van der Waals surface area contributed by atoms with Gasteiger partial charge in [-0.15, -0.1) is 0 Å². The maximum Gasteiger partial charge on any atom is 0.220 e. The Kier molecular flexibility index (Phi) is 5.81. The van der Waals surface area contributed by atoms with Crippen LogP contribution in [0.3, 0.4) is 0 Å². The van der Waals surface area contributed by atoms with Gasteiger partial charge in [-0.2, -0.15) is 0 Å². The topological polar surface area (TPSA) is 54.1 Å². The van der Waals surface area contributed by atoms with Crippen molar-refractivity contribution in [3.63, 3.8) is 0 Å². The van der Waals surface area contributed by atoms with Crippen LogP contribution in [0, 0.1) is 5.92 Å². The number of carbonyl (C=O) groups excluding carboxylic acids is 1. The van der Waals surface area contributed by atoms with Crippen molar-refractivity contribution in [2.75, 3.05) is 20.3 Å². The molecule has 0 aliphatic rings. The fraction of sp³-hybridized carbons (Fsp3) is 0.471. The number of para-hydroxylation sites is 1. The number of aryl methyl sites for hydroxylation is 1. The summed E-state index contributed by atoms with van der Waals surface area (Å²) in [5, 5.41) is 4.21. The van der Waals surface area contributed by atoms with E-state index in [9.17, 15) is 4.79 Å².